The maximum Gasteiger partial charge on any atom is 0.105 e. The fourth-order valence-corrected chi connectivity index (χ4v) is 2.60. The van der Waals surface area contributed by atoms with Crippen LogP contribution in [0.25, 0.3) is 0 Å². The van der Waals surface area contributed by atoms with Crippen LogP contribution in [0.2, 0.25) is 0 Å². The van der Waals surface area contributed by atoms with Gasteiger partial charge in [0.15, 0.2) is 0 Å². The van der Waals surface area contributed by atoms with Crippen LogP contribution in [0.4, 0.5) is 5.69 Å². The summed E-state index contributed by atoms with van der Waals surface area (Å²) in [5, 5.41) is 0. The molecule has 0 aliphatic carbocycles. The molecule has 2 heterocycles. The monoisotopic (exact) mass is 242 g/mol. The highest BCUT2D eigenvalue weighted by molar-refractivity contribution is 5.46. The average molecular weight is 242 g/mol. The van der Waals surface area contributed by atoms with Crippen molar-refractivity contribution in [3.63, 3.8) is 0 Å². The van der Waals surface area contributed by atoms with E-state index in [1.807, 2.05) is 18.2 Å². The molecule has 0 saturated carbocycles. The van der Waals surface area contributed by atoms with Crippen molar-refractivity contribution in [3.8, 4) is 0 Å². The van der Waals surface area contributed by atoms with Gasteiger partial charge in [0.05, 0.1) is 6.26 Å². The van der Waals surface area contributed by atoms with Gasteiger partial charge in [0.25, 0.3) is 0 Å². The molecule has 2 aromatic rings. The quantitative estimate of drug-likeness (QED) is 0.842. The molecule has 3 nitrogen and oxygen atoms in total. The molecule has 2 N–H and O–H groups in total. The number of fused-ring (bicyclic) bond motifs is 1. The van der Waals surface area contributed by atoms with E-state index in [2.05, 4.69) is 24.0 Å². The van der Waals surface area contributed by atoms with Crippen LogP contribution in [0.1, 0.15) is 23.8 Å². The summed E-state index contributed by atoms with van der Waals surface area (Å²) < 4.78 is 5.41. The number of hydrogen-bond donors (Lipinski definition) is 1. The van der Waals surface area contributed by atoms with E-state index in [4.69, 9.17) is 10.2 Å². The predicted molar refractivity (Wildman–Crippen MR) is 72.0 cm³/mol. The Hall–Kier alpha value is -1.74. The molecule has 1 aromatic carbocycles. The Labute approximate surface area is 107 Å². The van der Waals surface area contributed by atoms with Gasteiger partial charge >= 0.3 is 0 Å². The highest BCUT2D eigenvalue weighted by atomic mass is 16.3. The van der Waals surface area contributed by atoms with Crippen molar-refractivity contribution >= 4 is 5.69 Å². The number of nitrogens with zero attached hydrogens (tertiary/aromatic N) is 1. The first-order valence-electron chi connectivity index (χ1n) is 6.36. The molecule has 0 bridgehead atoms. The summed E-state index contributed by atoms with van der Waals surface area (Å²) in [6, 6.07) is 10.7. The Kier molecular flexibility index (Phi) is 2.84. The van der Waals surface area contributed by atoms with Gasteiger partial charge in [-0.3, -0.25) is 4.90 Å². The van der Waals surface area contributed by atoms with Crippen LogP contribution in [0, 0.1) is 0 Å². The Balaban J connectivity index is 1.69. The second kappa shape index (κ2) is 4.50. The molecule has 1 unspecified atom stereocenters. The minimum Gasteiger partial charge on any atom is -0.469 e. The van der Waals surface area contributed by atoms with Crippen molar-refractivity contribution in [3.05, 3.63) is 53.5 Å². The molecule has 3 rings (SSSR count). The number of nitrogens with two attached hydrogens (primary N) is 1. The molecule has 1 aliphatic rings. The minimum absolute atomic E-state index is 0.477. The molecule has 0 radical (unpaired) electrons. The van der Waals surface area contributed by atoms with Crippen molar-refractivity contribution in [2.75, 3.05) is 5.73 Å². The van der Waals surface area contributed by atoms with Crippen LogP contribution in [0.3, 0.4) is 0 Å². The molecule has 18 heavy (non-hydrogen) atoms. The summed E-state index contributed by atoms with van der Waals surface area (Å²) in [5.74, 6) is 1.05. The van der Waals surface area contributed by atoms with Gasteiger partial charge in [-0.2, -0.15) is 0 Å². The van der Waals surface area contributed by atoms with E-state index < -0.39 is 0 Å². The van der Waals surface area contributed by atoms with Crippen molar-refractivity contribution in [2.45, 2.75) is 32.5 Å². The largest absolute Gasteiger partial charge is 0.469 e. The second-order valence-electron chi connectivity index (χ2n) is 5.07. The van der Waals surface area contributed by atoms with Gasteiger partial charge in [-0.25, -0.2) is 0 Å². The third kappa shape index (κ3) is 2.14. The van der Waals surface area contributed by atoms with E-state index in [0.717, 1.165) is 31.0 Å². The zero-order valence-electron chi connectivity index (χ0n) is 10.6. The standard InChI is InChI=1S/C15H18N2O/c1-11(7-15-3-2-6-18-15)17-9-12-4-5-14(16)8-13(12)10-17/h2-6,8,11H,7,9-10,16H2,1H3. The molecular weight excluding hydrogens is 224 g/mol. The molecule has 0 spiro atoms. The van der Waals surface area contributed by atoms with E-state index in [1.165, 1.54) is 11.1 Å². The fourth-order valence-electron chi connectivity index (χ4n) is 2.60. The van der Waals surface area contributed by atoms with E-state index in [0.29, 0.717) is 6.04 Å². The molecule has 1 aromatic heterocycles. The maximum absolute atomic E-state index is 5.83. The van der Waals surface area contributed by atoms with Crippen molar-refractivity contribution in [1.29, 1.82) is 0 Å². The maximum atomic E-state index is 5.83. The molecular formula is C15H18N2O. The number of rotatable bonds is 3. The molecule has 1 aliphatic heterocycles. The number of benzene rings is 1. The predicted octanol–water partition coefficient (Wildman–Crippen LogP) is 2.81. The Bertz CT molecular complexity index is 533. The SMILES string of the molecule is CC(Cc1ccco1)N1Cc2ccc(N)cc2C1. The lowest BCUT2D eigenvalue weighted by Crippen LogP contribution is -2.29. The molecule has 0 saturated heterocycles. The summed E-state index contributed by atoms with van der Waals surface area (Å²) in [4.78, 5) is 2.46. The third-order valence-corrected chi connectivity index (χ3v) is 3.68. The van der Waals surface area contributed by atoms with Crippen molar-refractivity contribution < 1.29 is 4.42 Å². The summed E-state index contributed by atoms with van der Waals surface area (Å²) >= 11 is 0. The number of furan rings is 1. The topological polar surface area (TPSA) is 42.4 Å². The lowest BCUT2D eigenvalue weighted by Gasteiger charge is -2.22. The van der Waals surface area contributed by atoms with Crippen LogP contribution in [0.5, 0.6) is 0 Å². The highest BCUT2D eigenvalue weighted by Crippen LogP contribution is 2.27. The first-order valence-corrected chi connectivity index (χ1v) is 6.36. The van der Waals surface area contributed by atoms with Gasteiger partial charge in [0.1, 0.15) is 5.76 Å². The van der Waals surface area contributed by atoms with Crippen molar-refractivity contribution in [1.82, 2.24) is 4.90 Å². The smallest absolute Gasteiger partial charge is 0.105 e. The summed E-state index contributed by atoms with van der Waals surface area (Å²) in [7, 11) is 0. The van der Waals surface area contributed by atoms with Crippen molar-refractivity contribution in [2.24, 2.45) is 0 Å². The zero-order chi connectivity index (χ0) is 12.5. The van der Waals surface area contributed by atoms with Crippen LogP contribution in [0.15, 0.2) is 41.0 Å². The summed E-state index contributed by atoms with van der Waals surface area (Å²) in [6.45, 7) is 4.25. The molecule has 1 atom stereocenters. The first-order chi connectivity index (χ1) is 8.72. The van der Waals surface area contributed by atoms with Crippen LogP contribution < -0.4 is 5.73 Å². The van der Waals surface area contributed by atoms with E-state index >= 15 is 0 Å². The van der Waals surface area contributed by atoms with E-state index in [-0.39, 0.29) is 0 Å². The first kappa shape index (κ1) is 11.4. The van der Waals surface area contributed by atoms with Gasteiger partial charge in [-0.15, -0.1) is 0 Å². The number of hydrogen-bond acceptors (Lipinski definition) is 3. The average Bonchev–Trinajstić information content (AvgIpc) is 2.96. The lowest BCUT2D eigenvalue weighted by atomic mass is 10.1. The van der Waals surface area contributed by atoms with E-state index in [9.17, 15) is 0 Å². The summed E-state index contributed by atoms with van der Waals surface area (Å²) in [5.41, 5.74) is 9.45. The Morgan fingerprint density at radius 1 is 1.28 bits per heavy atom. The molecule has 0 fully saturated rings. The Morgan fingerprint density at radius 3 is 2.89 bits per heavy atom. The number of nitrogen functional groups attached to an aromatic ring is 1. The highest BCUT2D eigenvalue weighted by Gasteiger charge is 2.23. The van der Waals surface area contributed by atoms with Crippen LogP contribution in [-0.2, 0) is 19.5 Å². The number of anilines is 1. The minimum atomic E-state index is 0.477. The third-order valence-electron chi connectivity index (χ3n) is 3.68. The molecule has 3 heteroatoms. The van der Waals surface area contributed by atoms with Gasteiger partial charge < -0.3 is 10.2 Å². The van der Waals surface area contributed by atoms with Gasteiger partial charge in [-0.1, -0.05) is 6.07 Å². The Morgan fingerprint density at radius 2 is 2.11 bits per heavy atom. The normalized spacial score (nSPS) is 16.7. The van der Waals surface area contributed by atoms with Crippen LogP contribution in [-0.4, -0.2) is 10.9 Å². The van der Waals surface area contributed by atoms with Gasteiger partial charge in [0, 0.05) is 31.2 Å². The van der Waals surface area contributed by atoms with Gasteiger partial charge in [-0.05, 0) is 42.3 Å². The van der Waals surface area contributed by atoms with E-state index in [1.54, 1.807) is 6.26 Å². The molecule has 0 amide bonds. The fraction of sp³-hybridized carbons (Fsp3) is 0.333. The molecule has 94 valence electrons. The van der Waals surface area contributed by atoms with Crippen LogP contribution >= 0.6 is 0 Å². The summed E-state index contributed by atoms with van der Waals surface area (Å²) in [6.07, 6.45) is 2.69. The lowest BCUT2D eigenvalue weighted by molar-refractivity contribution is 0.204. The zero-order valence-corrected chi connectivity index (χ0v) is 10.6. The second-order valence-corrected chi connectivity index (χ2v) is 5.07. The van der Waals surface area contributed by atoms with Gasteiger partial charge in [0.2, 0.25) is 0 Å².